The third-order valence-corrected chi connectivity index (χ3v) is 3.65. The first kappa shape index (κ1) is 17.9. The third kappa shape index (κ3) is 4.54. The molecular formula is C16H14ClFN4OS. The summed E-state index contributed by atoms with van der Waals surface area (Å²) in [7, 11) is 1.44. The molecule has 0 atom stereocenters. The molecule has 2 rings (SSSR count). The molecule has 124 valence electrons. The number of hydrogen-bond donors (Lipinski definition) is 2. The average Bonchev–Trinajstić information content (AvgIpc) is 2.58. The number of nitriles is 1. The Kier molecular flexibility index (Phi) is 6.29. The van der Waals surface area contributed by atoms with Gasteiger partial charge in [-0.05, 0) is 42.9 Å². The summed E-state index contributed by atoms with van der Waals surface area (Å²) in [4.78, 5) is 4.06. The van der Waals surface area contributed by atoms with E-state index in [1.807, 2.05) is 6.07 Å². The minimum Gasteiger partial charge on any atom is -0.495 e. The number of nitrogens with one attached hydrogen (secondary N) is 2. The molecule has 0 aliphatic carbocycles. The Hall–Kier alpha value is -2.43. The van der Waals surface area contributed by atoms with E-state index in [1.165, 1.54) is 25.4 Å². The molecule has 2 N–H and O–H groups in total. The number of pyridine rings is 1. The van der Waals surface area contributed by atoms with Gasteiger partial charge in [-0.25, -0.2) is 9.37 Å². The molecule has 0 radical (unpaired) electrons. The van der Waals surface area contributed by atoms with Gasteiger partial charge < -0.3 is 15.4 Å². The number of halogens is 2. The van der Waals surface area contributed by atoms with Crippen molar-refractivity contribution < 1.29 is 9.13 Å². The molecule has 0 unspecified atom stereocenters. The van der Waals surface area contributed by atoms with Crippen LogP contribution in [0.1, 0.15) is 11.1 Å². The van der Waals surface area contributed by atoms with Crippen LogP contribution in [0.3, 0.4) is 0 Å². The molecule has 1 aromatic heterocycles. The smallest absolute Gasteiger partial charge is 0.171 e. The first-order valence-corrected chi connectivity index (χ1v) is 7.75. The maximum Gasteiger partial charge on any atom is 0.171 e. The fourth-order valence-corrected chi connectivity index (χ4v) is 2.37. The molecule has 1 aromatic carbocycles. The molecule has 0 fully saturated rings. The summed E-state index contributed by atoms with van der Waals surface area (Å²) in [6.07, 6.45) is 1.78. The molecule has 0 aliphatic heterocycles. The summed E-state index contributed by atoms with van der Waals surface area (Å²) in [5, 5.41) is 15.9. The van der Waals surface area contributed by atoms with Crippen LogP contribution in [0.25, 0.3) is 0 Å². The maximum absolute atomic E-state index is 14.0. The second-order valence-electron chi connectivity index (χ2n) is 4.71. The van der Waals surface area contributed by atoms with Crippen molar-refractivity contribution >= 4 is 34.7 Å². The first-order chi connectivity index (χ1) is 11.5. The highest BCUT2D eigenvalue weighted by molar-refractivity contribution is 7.80. The first-order valence-electron chi connectivity index (χ1n) is 6.97. The number of thiocarbonyl (C=S) groups is 1. The van der Waals surface area contributed by atoms with E-state index >= 15 is 0 Å². The Morgan fingerprint density at radius 3 is 2.83 bits per heavy atom. The average molecular weight is 365 g/mol. The molecule has 0 saturated heterocycles. The van der Waals surface area contributed by atoms with Crippen molar-refractivity contribution in [3.63, 3.8) is 0 Å². The zero-order valence-electron chi connectivity index (χ0n) is 12.8. The molecule has 0 amide bonds. The maximum atomic E-state index is 14.0. The highest BCUT2D eigenvalue weighted by Crippen LogP contribution is 2.24. The lowest BCUT2D eigenvalue weighted by Gasteiger charge is -2.12. The predicted molar refractivity (Wildman–Crippen MR) is 94.8 cm³/mol. The van der Waals surface area contributed by atoms with Crippen molar-refractivity contribution in [1.29, 1.82) is 5.26 Å². The van der Waals surface area contributed by atoms with Gasteiger partial charge in [0, 0.05) is 18.3 Å². The number of methoxy groups -OCH3 is 1. The summed E-state index contributed by atoms with van der Waals surface area (Å²) in [6, 6.07) is 8.06. The molecule has 5 nitrogen and oxygen atoms in total. The molecule has 1 heterocycles. The number of benzene rings is 1. The fraction of sp³-hybridized carbons (Fsp3) is 0.188. The predicted octanol–water partition coefficient (Wildman–Crippen LogP) is 3.28. The fourth-order valence-electron chi connectivity index (χ4n) is 2.05. The normalized spacial score (nSPS) is 9.92. The van der Waals surface area contributed by atoms with Gasteiger partial charge >= 0.3 is 0 Å². The van der Waals surface area contributed by atoms with Crippen molar-refractivity contribution in [2.75, 3.05) is 19.0 Å². The number of ether oxygens (including phenoxy) is 1. The Morgan fingerprint density at radius 2 is 2.21 bits per heavy atom. The topological polar surface area (TPSA) is 70.0 Å². The van der Waals surface area contributed by atoms with Gasteiger partial charge in [-0.2, -0.15) is 5.26 Å². The van der Waals surface area contributed by atoms with E-state index in [2.05, 4.69) is 15.6 Å². The summed E-state index contributed by atoms with van der Waals surface area (Å²) < 4.78 is 19.0. The third-order valence-electron chi connectivity index (χ3n) is 3.18. The van der Waals surface area contributed by atoms with Crippen LogP contribution < -0.4 is 15.4 Å². The van der Waals surface area contributed by atoms with Crippen molar-refractivity contribution in [3.05, 3.63) is 52.4 Å². The van der Waals surface area contributed by atoms with Gasteiger partial charge in [-0.3, -0.25) is 0 Å². The molecule has 0 spiro atoms. The van der Waals surface area contributed by atoms with Crippen molar-refractivity contribution in [1.82, 2.24) is 10.3 Å². The van der Waals surface area contributed by atoms with Crippen molar-refractivity contribution in [2.24, 2.45) is 0 Å². The highest BCUT2D eigenvalue weighted by atomic mass is 35.5. The summed E-state index contributed by atoms with van der Waals surface area (Å²) in [5.41, 5.74) is 0.481. The van der Waals surface area contributed by atoms with Gasteiger partial charge in [0.2, 0.25) is 0 Å². The lowest BCUT2D eigenvalue weighted by atomic mass is 10.0. The summed E-state index contributed by atoms with van der Waals surface area (Å²) in [5.74, 6) is 0.439. The van der Waals surface area contributed by atoms with E-state index in [-0.39, 0.29) is 17.5 Å². The second kappa shape index (κ2) is 8.43. The van der Waals surface area contributed by atoms with Crippen LogP contribution in [0, 0.1) is 17.1 Å². The standard InChI is InChI=1S/C16H14ClFN4OS/c1-23-14-4-3-13(18)11(12(14)8-19)6-7-20-16(24)22-15-5-2-10(17)9-21-15/h2-5,9H,6-7H2,1H3,(H2,20,21,22,24). The Morgan fingerprint density at radius 1 is 1.42 bits per heavy atom. The van der Waals surface area contributed by atoms with Gasteiger partial charge in [0.1, 0.15) is 29.0 Å². The van der Waals surface area contributed by atoms with E-state index in [9.17, 15) is 9.65 Å². The number of anilines is 1. The number of nitrogens with zero attached hydrogens (tertiary/aromatic N) is 2. The van der Waals surface area contributed by atoms with Crippen LogP contribution in [-0.2, 0) is 6.42 Å². The molecular weight excluding hydrogens is 351 g/mol. The molecule has 24 heavy (non-hydrogen) atoms. The number of hydrogen-bond acceptors (Lipinski definition) is 4. The van der Waals surface area contributed by atoms with E-state index in [4.69, 9.17) is 28.6 Å². The Labute approximate surface area is 149 Å². The second-order valence-corrected chi connectivity index (χ2v) is 5.55. The number of aromatic nitrogens is 1. The lowest BCUT2D eigenvalue weighted by molar-refractivity contribution is 0.411. The van der Waals surface area contributed by atoms with Crippen LogP contribution in [0.2, 0.25) is 5.02 Å². The minimum absolute atomic E-state index is 0.192. The lowest BCUT2D eigenvalue weighted by Crippen LogP contribution is -2.30. The molecule has 0 bridgehead atoms. The van der Waals surface area contributed by atoms with Gasteiger partial charge in [-0.15, -0.1) is 0 Å². The van der Waals surface area contributed by atoms with E-state index < -0.39 is 5.82 Å². The molecule has 0 aliphatic rings. The monoisotopic (exact) mass is 364 g/mol. The SMILES string of the molecule is COc1ccc(F)c(CCNC(=S)Nc2ccc(Cl)cn2)c1C#N. The van der Waals surface area contributed by atoms with E-state index in [0.29, 0.717) is 28.2 Å². The van der Waals surface area contributed by atoms with Gasteiger partial charge in [0.05, 0.1) is 12.1 Å². The molecule has 8 heteroatoms. The zero-order valence-corrected chi connectivity index (χ0v) is 14.3. The van der Waals surface area contributed by atoms with E-state index in [0.717, 1.165) is 0 Å². The van der Waals surface area contributed by atoms with Gasteiger partial charge in [0.25, 0.3) is 0 Å². The van der Waals surface area contributed by atoms with Gasteiger partial charge in [-0.1, -0.05) is 11.6 Å². The van der Waals surface area contributed by atoms with Crippen LogP contribution in [0.15, 0.2) is 30.5 Å². The highest BCUT2D eigenvalue weighted by Gasteiger charge is 2.14. The molecule has 2 aromatic rings. The summed E-state index contributed by atoms with van der Waals surface area (Å²) in [6.45, 7) is 0.345. The van der Waals surface area contributed by atoms with Crippen molar-refractivity contribution in [2.45, 2.75) is 6.42 Å². The van der Waals surface area contributed by atoms with Crippen molar-refractivity contribution in [3.8, 4) is 11.8 Å². The van der Waals surface area contributed by atoms with Crippen LogP contribution in [0.4, 0.5) is 10.2 Å². The number of rotatable bonds is 5. The largest absolute Gasteiger partial charge is 0.495 e. The van der Waals surface area contributed by atoms with Crippen LogP contribution in [-0.4, -0.2) is 23.8 Å². The molecule has 0 saturated carbocycles. The Balaban J connectivity index is 1.95. The quantitative estimate of drug-likeness (QED) is 0.793. The Bertz CT molecular complexity index is 777. The minimum atomic E-state index is -0.451. The van der Waals surface area contributed by atoms with E-state index in [1.54, 1.807) is 12.1 Å². The summed E-state index contributed by atoms with van der Waals surface area (Å²) >= 11 is 10.9. The van der Waals surface area contributed by atoms with Crippen LogP contribution >= 0.6 is 23.8 Å². The van der Waals surface area contributed by atoms with Crippen LogP contribution in [0.5, 0.6) is 5.75 Å². The zero-order chi connectivity index (χ0) is 17.5. The van der Waals surface area contributed by atoms with Gasteiger partial charge in [0.15, 0.2) is 5.11 Å².